The predicted octanol–water partition coefficient (Wildman–Crippen LogP) is 11.4. The second-order valence-corrected chi connectivity index (χ2v) is 13.4. The summed E-state index contributed by atoms with van der Waals surface area (Å²) in [6.07, 6.45) is 0. The number of para-hydroxylation sites is 1. The van der Waals surface area contributed by atoms with E-state index in [1.807, 2.05) is 12.1 Å². The number of benzene rings is 6. The van der Waals surface area contributed by atoms with Crippen molar-refractivity contribution in [3.63, 3.8) is 0 Å². The van der Waals surface area contributed by atoms with Gasteiger partial charge in [-0.1, -0.05) is 133 Å². The number of hydrogen-bond acceptors (Lipinski definition) is 5. The molecule has 0 aliphatic rings. The molecule has 6 heteroatoms. The smallest absolute Gasteiger partial charge is 0.240 e. The third kappa shape index (κ3) is 4.77. The minimum absolute atomic E-state index is 0.527. The highest BCUT2D eigenvalue weighted by atomic mass is 32.1. The van der Waals surface area contributed by atoms with Crippen LogP contribution in [0.1, 0.15) is 0 Å². The van der Waals surface area contributed by atoms with Crippen molar-refractivity contribution in [1.82, 2.24) is 24.5 Å². The summed E-state index contributed by atoms with van der Waals surface area (Å²) < 4.78 is 3.32. The molecule has 234 valence electrons. The number of rotatable bonds is 5. The van der Waals surface area contributed by atoms with Crippen LogP contribution in [0.3, 0.4) is 0 Å². The number of nitrogens with zero attached hydrogens (tertiary/aromatic N) is 5. The lowest BCUT2D eigenvalue weighted by Crippen LogP contribution is -2.07. The van der Waals surface area contributed by atoms with E-state index in [4.69, 9.17) is 19.9 Å². The van der Waals surface area contributed by atoms with Crippen LogP contribution in [-0.2, 0) is 0 Å². The number of aromatic nitrogens is 5. The zero-order valence-corrected chi connectivity index (χ0v) is 27.5. The molecule has 0 spiro atoms. The first-order valence-electron chi connectivity index (χ1n) is 16.6. The Balaban J connectivity index is 1.24. The average molecular weight is 658 g/mol. The van der Waals surface area contributed by atoms with Gasteiger partial charge in [0.2, 0.25) is 5.95 Å². The van der Waals surface area contributed by atoms with Gasteiger partial charge in [-0.3, -0.25) is 4.57 Å². The van der Waals surface area contributed by atoms with Gasteiger partial charge in [-0.25, -0.2) is 9.97 Å². The zero-order chi connectivity index (χ0) is 33.0. The van der Waals surface area contributed by atoms with E-state index in [9.17, 15) is 0 Å². The Kier molecular flexibility index (Phi) is 6.60. The van der Waals surface area contributed by atoms with Gasteiger partial charge in [0.15, 0.2) is 11.6 Å². The second kappa shape index (κ2) is 11.6. The summed E-state index contributed by atoms with van der Waals surface area (Å²) in [7, 11) is 0. The molecule has 0 aliphatic heterocycles. The number of thiophene rings is 1. The molecule has 0 fully saturated rings. The van der Waals surface area contributed by atoms with E-state index >= 15 is 0 Å². The van der Waals surface area contributed by atoms with Gasteiger partial charge in [0.1, 0.15) is 10.5 Å². The molecule has 0 amide bonds. The molecule has 0 radical (unpaired) electrons. The van der Waals surface area contributed by atoms with Gasteiger partial charge in [-0.05, 0) is 52.6 Å². The molecule has 10 aromatic rings. The first kappa shape index (κ1) is 28.5. The van der Waals surface area contributed by atoms with Crippen molar-refractivity contribution in [2.45, 2.75) is 0 Å². The van der Waals surface area contributed by atoms with Crippen LogP contribution in [-0.4, -0.2) is 24.5 Å². The lowest BCUT2D eigenvalue weighted by Gasteiger charge is -2.12. The Morgan fingerprint density at radius 3 is 1.58 bits per heavy atom. The molecular formula is C44H27N5S. The van der Waals surface area contributed by atoms with E-state index in [-0.39, 0.29) is 0 Å². The summed E-state index contributed by atoms with van der Waals surface area (Å²) >= 11 is 1.71. The van der Waals surface area contributed by atoms with E-state index in [0.717, 1.165) is 65.5 Å². The monoisotopic (exact) mass is 657 g/mol. The molecule has 10 rings (SSSR count). The van der Waals surface area contributed by atoms with E-state index in [2.05, 4.69) is 156 Å². The summed E-state index contributed by atoms with van der Waals surface area (Å²) in [5.74, 6) is 1.72. The van der Waals surface area contributed by atoms with Crippen molar-refractivity contribution in [3.8, 4) is 51.0 Å². The highest BCUT2D eigenvalue weighted by molar-refractivity contribution is 7.25. The fourth-order valence-electron chi connectivity index (χ4n) is 6.88. The van der Waals surface area contributed by atoms with E-state index < -0.39 is 0 Å². The fourth-order valence-corrected chi connectivity index (χ4v) is 7.94. The maximum atomic E-state index is 5.32. The van der Waals surface area contributed by atoms with Crippen LogP contribution in [0.4, 0.5) is 0 Å². The van der Waals surface area contributed by atoms with Gasteiger partial charge >= 0.3 is 0 Å². The molecule has 0 aliphatic carbocycles. The molecule has 4 aromatic heterocycles. The molecule has 0 N–H and O–H groups in total. The van der Waals surface area contributed by atoms with Crippen LogP contribution < -0.4 is 0 Å². The number of pyridine rings is 1. The molecule has 0 saturated carbocycles. The van der Waals surface area contributed by atoms with Gasteiger partial charge in [-0.15, -0.1) is 11.3 Å². The third-order valence-electron chi connectivity index (χ3n) is 9.28. The summed E-state index contributed by atoms with van der Waals surface area (Å²) in [6.45, 7) is 0. The van der Waals surface area contributed by atoms with Crippen molar-refractivity contribution in [2.24, 2.45) is 0 Å². The summed E-state index contributed by atoms with van der Waals surface area (Å²) in [5.41, 5.74) is 8.12. The summed E-state index contributed by atoms with van der Waals surface area (Å²) in [4.78, 5) is 21.9. The zero-order valence-electron chi connectivity index (χ0n) is 26.7. The quantitative estimate of drug-likeness (QED) is 0.185. The normalized spacial score (nSPS) is 11.6. The van der Waals surface area contributed by atoms with E-state index in [0.29, 0.717) is 17.6 Å². The van der Waals surface area contributed by atoms with Crippen LogP contribution in [0.2, 0.25) is 0 Å². The standard InChI is InChI=1S/C44H27N5S/c1-3-13-28(14-4-1)30-17-11-19-32(25-30)40-45-41(33-20-12-18-31(26-33)29-15-5-2-6-16-29)47-44(46-40)49-38-23-9-7-21-34(38)36-27-37-35-22-8-10-24-39(35)50-43(37)48-42(36)49/h1-27H. The van der Waals surface area contributed by atoms with Gasteiger partial charge in [0, 0.05) is 37.4 Å². The van der Waals surface area contributed by atoms with Crippen molar-refractivity contribution < 1.29 is 0 Å². The average Bonchev–Trinajstić information content (AvgIpc) is 3.72. The molecule has 0 atom stereocenters. The van der Waals surface area contributed by atoms with Crippen LogP contribution in [0, 0.1) is 0 Å². The molecular weight excluding hydrogens is 631 g/mol. The van der Waals surface area contributed by atoms with Crippen molar-refractivity contribution in [1.29, 1.82) is 0 Å². The molecule has 0 bridgehead atoms. The summed E-state index contributed by atoms with van der Waals surface area (Å²) in [5, 5.41) is 4.55. The lowest BCUT2D eigenvalue weighted by atomic mass is 10.0. The topological polar surface area (TPSA) is 56.5 Å². The Morgan fingerprint density at radius 1 is 0.380 bits per heavy atom. The molecule has 6 aromatic carbocycles. The molecule has 4 heterocycles. The Morgan fingerprint density at radius 2 is 0.920 bits per heavy atom. The molecule has 5 nitrogen and oxygen atoms in total. The van der Waals surface area contributed by atoms with Gasteiger partial charge in [0.25, 0.3) is 0 Å². The van der Waals surface area contributed by atoms with Gasteiger partial charge in [-0.2, -0.15) is 9.97 Å². The Labute approximate surface area is 291 Å². The minimum atomic E-state index is 0.527. The van der Waals surface area contributed by atoms with E-state index in [1.165, 1.54) is 10.1 Å². The molecule has 0 saturated heterocycles. The van der Waals surface area contributed by atoms with Crippen LogP contribution in [0.15, 0.2) is 164 Å². The molecule has 0 unspecified atom stereocenters. The van der Waals surface area contributed by atoms with Crippen molar-refractivity contribution in [2.75, 3.05) is 0 Å². The maximum absolute atomic E-state index is 5.32. The third-order valence-corrected chi connectivity index (χ3v) is 10.4. The Hall–Kier alpha value is -6.50. The predicted molar refractivity (Wildman–Crippen MR) is 207 cm³/mol. The Bertz CT molecular complexity index is 2770. The maximum Gasteiger partial charge on any atom is 0.240 e. The minimum Gasteiger partial charge on any atom is -0.262 e. The SMILES string of the molecule is c1ccc(-c2cccc(-c3nc(-c4cccc(-c5ccccc5)c4)nc(-n4c5ccccc5c5cc6c(nc54)sc4ccccc46)n3)c2)cc1. The van der Waals surface area contributed by atoms with Crippen molar-refractivity contribution >= 4 is 53.6 Å². The first-order chi connectivity index (χ1) is 24.8. The number of hydrogen-bond donors (Lipinski definition) is 0. The summed E-state index contributed by atoms with van der Waals surface area (Å²) in [6, 6.07) is 56.9. The largest absolute Gasteiger partial charge is 0.262 e. The van der Waals surface area contributed by atoms with Crippen LogP contribution in [0.25, 0.3) is 93.2 Å². The van der Waals surface area contributed by atoms with Gasteiger partial charge < -0.3 is 0 Å². The number of fused-ring (bicyclic) bond motifs is 6. The highest BCUT2D eigenvalue weighted by Crippen LogP contribution is 2.39. The van der Waals surface area contributed by atoms with Crippen LogP contribution >= 0.6 is 11.3 Å². The second-order valence-electron chi connectivity index (χ2n) is 12.3. The fraction of sp³-hybridized carbons (Fsp3) is 0. The van der Waals surface area contributed by atoms with Crippen LogP contribution in [0.5, 0.6) is 0 Å². The molecule has 50 heavy (non-hydrogen) atoms. The van der Waals surface area contributed by atoms with E-state index in [1.54, 1.807) is 11.3 Å². The van der Waals surface area contributed by atoms with Crippen molar-refractivity contribution in [3.05, 3.63) is 164 Å². The first-order valence-corrected chi connectivity index (χ1v) is 17.4. The highest BCUT2D eigenvalue weighted by Gasteiger charge is 2.21. The van der Waals surface area contributed by atoms with Gasteiger partial charge in [0.05, 0.1) is 5.52 Å². The lowest BCUT2D eigenvalue weighted by molar-refractivity contribution is 0.946.